The number of fused-ring (bicyclic) bond motifs is 1. The van der Waals surface area contributed by atoms with Crippen LogP contribution in [0.3, 0.4) is 0 Å². The van der Waals surface area contributed by atoms with E-state index in [4.69, 9.17) is 9.47 Å². The Balaban J connectivity index is 1.49. The molecular formula is C16H17N3O4. The SMILES string of the molecule is O=C(N[C@H]1CO[C@H]2[C@@H]1OC[C@H]2O)c1cccc(-n2cccn2)c1. The maximum atomic E-state index is 12.5. The van der Waals surface area contributed by atoms with Crippen molar-refractivity contribution in [3.63, 3.8) is 0 Å². The summed E-state index contributed by atoms with van der Waals surface area (Å²) in [4.78, 5) is 12.5. The zero-order valence-corrected chi connectivity index (χ0v) is 12.3. The van der Waals surface area contributed by atoms with Gasteiger partial charge in [-0.3, -0.25) is 4.79 Å². The third-order valence-electron chi connectivity index (χ3n) is 4.22. The zero-order valence-electron chi connectivity index (χ0n) is 12.3. The fourth-order valence-corrected chi connectivity index (χ4v) is 3.07. The van der Waals surface area contributed by atoms with Gasteiger partial charge in [-0.15, -0.1) is 0 Å². The van der Waals surface area contributed by atoms with Crippen LogP contribution in [0.4, 0.5) is 0 Å². The summed E-state index contributed by atoms with van der Waals surface area (Å²) in [5.74, 6) is -0.196. The average molecular weight is 315 g/mol. The molecule has 2 aliphatic rings. The van der Waals surface area contributed by atoms with Crippen molar-refractivity contribution in [3.05, 3.63) is 48.3 Å². The highest BCUT2D eigenvalue weighted by molar-refractivity contribution is 5.95. The van der Waals surface area contributed by atoms with Crippen molar-refractivity contribution in [2.75, 3.05) is 13.2 Å². The Labute approximate surface area is 132 Å². The third-order valence-corrected chi connectivity index (χ3v) is 4.22. The maximum absolute atomic E-state index is 12.5. The molecule has 0 unspecified atom stereocenters. The number of benzene rings is 1. The van der Waals surface area contributed by atoms with Gasteiger partial charge in [0.1, 0.15) is 18.3 Å². The Morgan fingerprint density at radius 1 is 1.26 bits per heavy atom. The summed E-state index contributed by atoms with van der Waals surface area (Å²) in [6, 6.07) is 8.80. The number of carbonyl (C=O) groups is 1. The van der Waals surface area contributed by atoms with Crippen LogP contribution in [0.2, 0.25) is 0 Å². The second-order valence-corrected chi connectivity index (χ2v) is 5.74. The van der Waals surface area contributed by atoms with Crippen LogP contribution >= 0.6 is 0 Å². The molecule has 23 heavy (non-hydrogen) atoms. The van der Waals surface area contributed by atoms with Crippen molar-refractivity contribution in [3.8, 4) is 5.69 Å². The molecule has 0 aliphatic carbocycles. The standard InChI is InChI=1S/C16H17N3O4/c20-13-9-23-14-12(8-22-15(13)14)18-16(21)10-3-1-4-11(7-10)19-6-2-5-17-19/h1-7,12-15,20H,8-9H2,(H,18,21)/t12-,13+,14+,15+/m0/s1. The molecule has 0 bridgehead atoms. The van der Waals surface area contributed by atoms with E-state index in [1.54, 1.807) is 23.0 Å². The van der Waals surface area contributed by atoms with Gasteiger partial charge in [-0.2, -0.15) is 5.10 Å². The first-order chi connectivity index (χ1) is 11.2. The van der Waals surface area contributed by atoms with Gasteiger partial charge in [-0.1, -0.05) is 6.07 Å². The maximum Gasteiger partial charge on any atom is 0.251 e. The van der Waals surface area contributed by atoms with Crippen molar-refractivity contribution in [2.45, 2.75) is 24.4 Å². The number of carbonyl (C=O) groups excluding carboxylic acids is 1. The Hall–Kier alpha value is -2.22. The summed E-state index contributed by atoms with van der Waals surface area (Å²) < 4.78 is 12.7. The number of aliphatic hydroxyl groups is 1. The second kappa shape index (κ2) is 5.77. The Bertz CT molecular complexity index is 703. The predicted octanol–water partition coefficient (Wildman–Crippen LogP) is 0.129. The van der Waals surface area contributed by atoms with Gasteiger partial charge in [0.15, 0.2) is 0 Å². The van der Waals surface area contributed by atoms with Gasteiger partial charge in [-0.05, 0) is 24.3 Å². The molecule has 0 radical (unpaired) electrons. The Kier molecular flexibility index (Phi) is 3.60. The molecule has 120 valence electrons. The number of rotatable bonds is 3. The predicted molar refractivity (Wildman–Crippen MR) is 80.3 cm³/mol. The minimum absolute atomic E-state index is 0.196. The molecule has 4 atom stereocenters. The molecule has 2 aromatic rings. The van der Waals surface area contributed by atoms with Crippen LogP contribution in [0, 0.1) is 0 Å². The summed E-state index contributed by atoms with van der Waals surface area (Å²) in [6.45, 7) is 0.591. The van der Waals surface area contributed by atoms with E-state index in [1.165, 1.54) is 0 Å². The lowest BCUT2D eigenvalue weighted by molar-refractivity contribution is 0.0178. The Morgan fingerprint density at radius 3 is 2.96 bits per heavy atom. The normalized spacial score (nSPS) is 29.4. The van der Waals surface area contributed by atoms with Crippen LogP contribution in [0.25, 0.3) is 5.69 Å². The highest BCUT2D eigenvalue weighted by atomic mass is 16.6. The number of aliphatic hydroxyl groups excluding tert-OH is 1. The van der Waals surface area contributed by atoms with Crippen LogP contribution in [0.1, 0.15) is 10.4 Å². The first kappa shape index (κ1) is 14.4. The van der Waals surface area contributed by atoms with Crippen molar-refractivity contribution < 1.29 is 19.4 Å². The molecule has 7 nitrogen and oxygen atoms in total. The first-order valence-electron chi connectivity index (χ1n) is 7.54. The number of amides is 1. The number of nitrogens with one attached hydrogen (secondary N) is 1. The lowest BCUT2D eigenvalue weighted by Gasteiger charge is -2.17. The lowest BCUT2D eigenvalue weighted by atomic mass is 10.1. The number of nitrogens with zero attached hydrogens (tertiary/aromatic N) is 2. The molecule has 0 spiro atoms. The van der Waals surface area contributed by atoms with Crippen LogP contribution in [-0.4, -0.2) is 58.4 Å². The fourth-order valence-electron chi connectivity index (χ4n) is 3.07. The topological polar surface area (TPSA) is 85.6 Å². The van der Waals surface area contributed by atoms with Gasteiger partial charge in [0.25, 0.3) is 5.91 Å². The molecule has 0 saturated carbocycles. The number of hydrogen-bond acceptors (Lipinski definition) is 5. The number of hydrogen-bond donors (Lipinski definition) is 2. The van der Waals surface area contributed by atoms with E-state index in [-0.39, 0.29) is 30.8 Å². The van der Waals surface area contributed by atoms with E-state index in [9.17, 15) is 9.90 Å². The molecule has 1 aromatic heterocycles. The van der Waals surface area contributed by atoms with E-state index in [0.29, 0.717) is 12.2 Å². The molecule has 1 aromatic carbocycles. The van der Waals surface area contributed by atoms with Gasteiger partial charge in [0, 0.05) is 18.0 Å². The molecule has 2 aliphatic heterocycles. The monoisotopic (exact) mass is 315 g/mol. The summed E-state index contributed by atoms with van der Waals surface area (Å²) in [5, 5.41) is 16.8. The molecule has 4 rings (SSSR count). The van der Waals surface area contributed by atoms with E-state index in [1.807, 2.05) is 24.4 Å². The fraction of sp³-hybridized carbons (Fsp3) is 0.375. The minimum Gasteiger partial charge on any atom is -0.388 e. The van der Waals surface area contributed by atoms with E-state index < -0.39 is 6.10 Å². The van der Waals surface area contributed by atoms with Gasteiger partial charge in [0.2, 0.25) is 0 Å². The average Bonchev–Trinajstić information content (AvgIpc) is 3.29. The molecule has 3 heterocycles. The van der Waals surface area contributed by atoms with Gasteiger partial charge < -0.3 is 19.9 Å². The van der Waals surface area contributed by atoms with Crippen molar-refractivity contribution >= 4 is 5.91 Å². The van der Waals surface area contributed by atoms with Crippen molar-refractivity contribution in [1.29, 1.82) is 0 Å². The number of aromatic nitrogens is 2. The van der Waals surface area contributed by atoms with Crippen LogP contribution in [0.15, 0.2) is 42.7 Å². The van der Waals surface area contributed by atoms with Gasteiger partial charge in [-0.25, -0.2) is 4.68 Å². The highest BCUT2D eigenvalue weighted by Crippen LogP contribution is 2.27. The van der Waals surface area contributed by atoms with Crippen molar-refractivity contribution in [2.24, 2.45) is 0 Å². The summed E-state index contributed by atoms with van der Waals surface area (Å²) >= 11 is 0. The third kappa shape index (κ3) is 2.63. The largest absolute Gasteiger partial charge is 0.388 e. The van der Waals surface area contributed by atoms with Crippen LogP contribution in [0.5, 0.6) is 0 Å². The van der Waals surface area contributed by atoms with Gasteiger partial charge in [0.05, 0.1) is 24.9 Å². The smallest absolute Gasteiger partial charge is 0.251 e. The molecule has 2 saturated heterocycles. The molecule has 2 N–H and O–H groups in total. The van der Waals surface area contributed by atoms with Gasteiger partial charge >= 0.3 is 0 Å². The van der Waals surface area contributed by atoms with Crippen molar-refractivity contribution in [1.82, 2.24) is 15.1 Å². The lowest BCUT2D eigenvalue weighted by Crippen LogP contribution is -2.44. The number of ether oxygens (including phenoxy) is 2. The second-order valence-electron chi connectivity index (χ2n) is 5.74. The summed E-state index contributed by atoms with van der Waals surface area (Å²) in [6.07, 6.45) is 2.25. The van der Waals surface area contributed by atoms with E-state index >= 15 is 0 Å². The summed E-state index contributed by atoms with van der Waals surface area (Å²) in [5.41, 5.74) is 1.36. The Morgan fingerprint density at radius 2 is 2.13 bits per heavy atom. The molecular weight excluding hydrogens is 298 g/mol. The van der Waals surface area contributed by atoms with E-state index in [2.05, 4.69) is 10.4 Å². The van der Waals surface area contributed by atoms with Crippen LogP contribution < -0.4 is 5.32 Å². The highest BCUT2D eigenvalue weighted by Gasteiger charge is 2.47. The molecule has 1 amide bonds. The minimum atomic E-state index is -0.620. The first-order valence-corrected chi connectivity index (χ1v) is 7.54. The molecule has 2 fully saturated rings. The zero-order chi connectivity index (χ0) is 15.8. The molecule has 7 heteroatoms. The van der Waals surface area contributed by atoms with E-state index in [0.717, 1.165) is 5.69 Å². The van der Waals surface area contributed by atoms with Crippen LogP contribution in [-0.2, 0) is 9.47 Å². The quantitative estimate of drug-likeness (QED) is 0.841. The summed E-state index contributed by atoms with van der Waals surface area (Å²) in [7, 11) is 0.